The average molecular weight is 598 g/mol. The van der Waals surface area contributed by atoms with Gasteiger partial charge in [-0.15, -0.1) is 0 Å². The Kier molecular flexibility index (Phi) is 8.19. The van der Waals surface area contributed by atoms with Crippen LogP contribution in [0.2, 0.25) is 0 Å². The number of alkyl halides is 3. The van der Waals surface area contributed by atoms with E-state index in [0.717, 1.165) is 33.9 Å². The van der Waals surface area contributed by atoms with Gasteiger partial charge in [-0.05, 0) is 70.5 Å². The van der Waals surface area contributed by atoms with Crippen molar-refractivity contribution in [2.24, 2.45) is 0 Å². The van der Waals surface area contributed by atoms with E-state index in [1.165, 1.54) is 17.8 Å². The first-order valence-corrected chi connectivity index (χ1v) is 14.8. The van der Waals surface area contributed by atoms with E-state index in [2.05, 4.69) is 9.97 Å². The number of rotatable bonds is 7. The maximum Gasteiger partial charge on any atom is 0.416 e. The predicted molar refractivity (Wildman–Crippen MR) is 145 cm³/mol. The molecule has 0 saturated carbocycles. The van der Waals surface area contributed by atoms with Gasteiger partial charge in [-0.3, -0.25) is 9.10 Å². The SMILES string of the molecule is Cc1nc(SC[C@H]2CN(S(=O)(=O)c3cccc(C(F)(F)F)c3)c3cc(CC(=O)OC(C)(C)C)ccc3O2)[nH]c1C. The van der Waals surface area contributed by atoms with Gasteiger partial charge in [0.2, 0.25) is 0 Å². The van der Waals surface area contributed by atoms with Crippen molar-refractivity contribution in [3.05, 3.63) is 65.0 Å². The molecule has 4 rings (SSSR count). The number of hydrogen-bond donors (Lipinski definition) is 1. The summed E-state index contributed by atoms with van der Waals surface area (Å²) in [6, 6.07) is 8.31. The zero-order valence-corrected chi connectivity index (χ0v) is 24.3. The number of sulfonamides is 1. The first-order valence-electron chi connectivity index (χ1n) is 12.4. The summed E-state index contributed by atoms with van der Waals surface area (Å²) < 4.78 is 80.3. The van der Waals surface area contributed by atoms with Crippen molar-refractivity contribution in [3.8, 4) is 5.75 Å². The van der Waals surface area contributed by atoms with Crippen LogP contribution in [0.4, 0.5) is 18.9 Å². The summed E-state index contributed by atoms with van der Waals surface area (Å²) in [5, 5.41) is 0.643. The van der Waals surface area contributed by atoms with Crippen LogP contribution in [0.5, 0.6) is 5.75 Å². The van der Waals surface area contributed by atoms with Gasteiger partial charge >= 0.3 is 12.1 Å². The Hall–Kier alpha value is -3.19. The van der Waals surface area contributed by atoms with Gasteiger partial charge in [-0.1, -0.05) is 23.9 Å². The Morgan fingerprint density at radius 3 is 2.52 bits per heavy atom. The van der Waals surface area contributed by atoms with Crippen molar-refractivity contribution < 1.29 is 35.9 Å². The summed E-state index contributed by atoms with van der Waals surface area (Å²) in [4.78, 5) is 19.5. The lowest BCUT2D eigenvalue weighted by Crippen LogP contribution is -2.44. The van der Waals surface area contributed by atoms with Crippen LogP contribution in [0, 0.1) is 13.8 Å². The number of halogens is 3. The van der Waals surface area contributed by atoms with Gasteiger partial charge in [0, 0.05) is 11.4 Å². The average Bonchev–Trinajstić information content (AvgIpc) is 3.17. The van der Waals surface area contributed by atoms with Crippen LogP contribution < -0.4 is 9.04 Å². The molecule has 0 radical (unpaired) electrons. The highest BCUT2D eigenvalue weighted by atomic mass is 32.2. The zero-order chi connectivity index (χ0) is 29.5. The van der Waals surface area contributed by atoms with E-state index in [-0.39, 0.29) is 24.4 Å². The maximum absolute atomic E-state index is 13.8. The summed E-state index contributed by atoms with van der Waals surface area (Å²) in [5.74, 6) is 0.0435. The van der Waals surface area contributed by atoms with Crippen molar-refractivity contribution >= 4 is 33.4 Å². The fourth-order valence-corrected chi connectivity index (χ4v) is 6.53. The molecule has 2 heterocycles. The van der Waals surface area contributed by atoms with Crippen LogP contribution in [-0.2, 0) is 32.2 Å². The molecule has 40 heavy (non-hydrogen) atoms. The Balaban J connectivity index is 1.69. The lowest BCUT2D eigenvalue weighted by molar-refractivity contribution is -0.153. The molecule has 0 bridgehead atoms. The zero-order valence-electron chi connectivity index (χ0n) is 22.6. The monoisotopic (exact) mass is 597 g/mol. The number of aryl methyl sites for hydroxylation is 2. The van der Waals surface area contributed by atoms with Crippen molar-refractivity contribution in [1.29, 1.82) is 0 Å². The highest BCUT2D eigenvalue weighted by molar-refractivity contribution is 7.99. The molecule has 1 aromatic heterocycles. The van der Waals surface area contributed by atoms with Crippen molar-refractivity contribution in [3.63, 3.8) is 0 Å². The number of anilines is 1. The van der Waals surface area contributed by atoms with Crippen LogP contribution in [0.3, 0.4) is 0 Å². The lowest BCUT2D eigenvalue weighted by Gasteiger charge is -2.35. The van der Waals surface area contributed by atoms with Gasteiger partial charge in [0.1, 0.15) is 17.5 Å². The molecule has 3 aromatic rings. The first-order chi connectivity index (χ1) is 18.5. The second kappa shape index (κ2) is 11.0. The minimum absolute atomic E-state index is 0.127. The largest absolute Gasteiger partial charge is 0.485 e. The van der Waals surface area contributed by atoms with Crippen molar-refractivity contribution in [1.82, 2.24) is 9.97 Å². The summed E-state index contributed by atoms with van der Waals surface area (Å²) in [6.45, 7) is 8.79. The van der Waals surface area contributed by atoms with E-state index in [4.69, 9.17) is 9.47 Å². The molecule has 1 N–H and O–H groups in total. The number of aromatic nitrogens is 2. The first kappa shape index (κ1) is 29.8. The van der Waals surface area contributed by atoms with E-state index in [0.29, 0.717) is 22.5 Å². The highest BCUT2D eigenvalue weighted by Crippen LogP contribution is 2.40. The number of carbonyl (C=O) groups is 1. The quantitative estimate of drug-likeness (QED) is 0.276. The van der Waals surface area contributed by atoms with Gasteiger partial charge < -0.3 is 14.5 Å². The molecule has 216 valence electrons. The number of esters is 1. The van der Waals surface area contributed by atoms with Crippen molar-refractivity contribution in [2.45, 2.75) is 69.0 Å². The van der Waals surface area contributed by atoms with Crippen LogP contribution in [0.1, 0.15) is 43.3 Å². The fraction of sp³-hybridized carbons (Fsp3) is 0.407. The molecule has 0 fully saturated rings. The second-order valence-electron chi connectivity index (χ2n) is 10.4. The van der Waals surface area contributed by atoms with Gasteiger partial charge in [0.15, 0.2) is 5.16 Å². The number of nitrogens with one attached hydrogen (secondary N) is 1. The third-order valence-electron chi connectivity index (χ3n) is 5.99. The number of imidazole rings is 1. The Morgan fingerprint density at radius 1 is 1.18 bits per heavy atom. The lowest BCUT2D eigenvalue weighted by atomic mass is 10.1. The number of benzene rings is 2. The molecule has 1 aliphatic rings. The van der Waals surface area contributed by atoms with Crippen LogP contribution in [0.25, 0.3) is 0 Å². The molecule has 1 atom stereocenters. The molecule has 8 nitrogen and oxygen atoms in total. The number of ether oxygens (including phenoxy) is 2. The topological polar surface area (TPSA) is 102 Å². The summed E-state index contributed by atoms with van der Waals surface area (Å²) in [6.07, 6.45) is -5.48. The number of thioether (sulfide) groups is 1. The Morgan fingerprint density at radius 2 is 1.90 bits per heavy atom. The minimum Gasteiger partial charge on any atom is -0.485 e. The van der Waals surface area contributed by atoms with E-state index < -0.39 is 44.3 Å². The normalized spacial score (nSPS) is 15.9. The van der Waals surface area contributed by atoms with E-state index in [1.807, 2.05) is 13.8 Å². The summed E-state index contributed by atoms with van der Waals surface area (Å²) in [5.41, 5.74) is 0.562. The Labute approximate surface area is 235 Å². The second-order valence-corrected chi connectivity index (χ2v) is 13.3. The standard InChI is InChI=1S/C27H30F3N3O5S2/c1-16-17(2)32-25(31-16)39-15-20-14-33(40(35,36)21-8-6-7-19(13-21)27(28,29)30)22-11-18(9-10-23(22)37-20)12-24(34)38-26(3,4)5/h6-11,13,20H,12,14-15H2,1-5H3,(H,31,32)/t20-/m1/s1. The van der Waals surface area contributed by atoms with Gasteiger partial charge in [-0.25, -0.2) is 13.4 Å². The number of nitrogens with zero attached hydrogens (tertiary/aromatic N) is 2. The third-order valence-corrected chi connectivity index (χ3v) is 8.77. The van der Waals surface area contributed by atoms with Crippen LogP contribution in [0.15, 0.2) is 52.5 Å². The molecule has 0 saturated heterocycles. The number of H-pyrrole nitrogens is 1. The predicted octanol–water partition coefficient (Wildman–Crippen LogP) is 5.68. The number of fused-ring (bicyclic) bond motifs is 1. The third kappa shape index (κ3) is 6.92. The smallest absolute Gasteiger partial charge is 0.416 e. The molecule has 0 aliphatic carbocycles. The molecule has 2 aromatic carbocycles. The van der Waals surface area contributed by atoms with E-state index in [1.54, 1.807) is 32.9 Å². The molecule has 0 amide bonds. The molecule has 13 heteroatoms. The molecular weight excluding hydrogens is 567 g/mol. The van der Waals surface area contributed by atoms with Gasteiger partial charge in [0.25, 0.3) is 10.0 Å². The summed E-state index contributed by atoms with van der Waals surface area (Å²) in [7, 11) is -4.45. The minimum atomic E-state index is -4.71. The number of hydrogen-bond acceptors (Lipinski definition) is 7. The van der Waals surface area contributed by atoms with Crippen LogP contribution >= 0.6 is 11.8 Å². The van der Waals surface area contributed by atoms with Gasteiger partial charge in [0.05, 0.1) is 34.8 Å². The van der Waals surface area contributed by atoms with Crippen molar-refractivity contribution in [2.75, 3.05) is 16.6 Å². The summed E-state index contributed by atoms with van der Waals surface area (Å²) >= 11 is 1.34. The van der Waals surface area contributed by atoms with Crippen LogP contribution in [-0.4, -0.2) is 48.4 Å². The molecule has 1 aliphatic heterocycles. The Bertz CT molecular complexity index is 1490. The van der Waals surface area contributed by atoms with E-state index >= 15 is 0 Å². The fourth-order valence-electron chi connectivity index (χ4n) is 4.04. The molecular formula is C27H30F3N3O5S2. The van der Waals surface area contributed by atoms with Gasteiger partial charge in [-0.2, -0.15) is 13.2 Å². The molecule has 0 spiro atoms. The number of aromatic amines is 1. The van der Waals surface area contributed by atoms with E-state index in [9.17, 15) is 26.4 Å². The molecule has 0 unspecified atom stereocenters. The maximum atomic E-state index is 13.8. The highest BCUT2D eigenvalue weighted by Gasteiger charge is 2.37. The number of carbonyl (C=O) groups excluding carboxylic acids is 1.